The normalized spacial score (nSPS) is 16.7. The van der Waals surface area contributed by atoms with Crippen LogP contribution in [0.5, 0.6) is 0 Å². The third kappa shape index (κ3) is 7.16. The van der Waals surface area contributed by atoms with Crippen LogP contribution in [0, 0.1) is 0 Å². The second-order valence-corrected chi connectivity index (χ2v) is 4.78. The molecule has 1 rings (SSSR count). The quantitative estimate of drug-likeness (QED) is 0.817. The molecule has 0 radical (unpaired) electrons. The van der Waals surface area contributed by atoms with Crippen LogP contribution < -0.4 is 5.32 Å². The fourth-order valence-corrected chi connectivity index (χ4v) is 1.85. The Morgan fingerprint density at radius 2 is 1.81 bits per heavy atom. The molecule has 0 aliphatic carbocycles. The van der Waals surface area contributed by atoms with Crippen LogP contribution in [0.25, 0.3) is 0 Å². The number of rotatable bonds is 5. The van der Waals surface area contributed by atoms with E-state index in [2.05, 4.69) is 10.1 Å². The van der Waals surface area contributed by atoms with E-state index in [1.54, 1.807) is 0 Å². The molecule has 1 heterocycles. The lowest BCUT2D eigenvalue weighted by atomic mass is 10.3. The van der Waals surface area contributed by atoms with Crippen LogP contribution in [-0.2, 0) is 9.53 Å². The van der Waals surface area contributed by atoms with Crippen molar-refractivity contribution in [1.29, 1.82) is 0 Å². The summed E-state index contributed by atoms with van der Waals surface area (Å²) in [6.07, 6.45) is -4.64. The van der Waals surface area contributed by atoms with Crippen LogP contribution in [0.2, 0.25) is 0 Å². The third-order valence-electron chi connectivity index (χ3n) is 2.93. The molecule has 0 aromatic carbocycles. The lowest BCUT2D eigenvalue weighted by Gasteiger charge is -2.33. The van der Waals surface area contributed by atoms with Crippen LogP contribution in [0.3, 0.4) is 0 Å². The first-order valence-corrected chi connectivity index (χ1v) is 6.79. The molecule has 6 nitrogen and oxygen atoms in total. The van der Waals surface area contributed by atoms with Crippen molar-refractivity contribution in [1.82, 2.24) is 15.1 Å². The molecule has 9 heteroatoms. The lowest BCUT2D eigenvalue weighted by Crippen LogP contribution is -2.51. The van der Waals surface area contributed by atoms with Crippen molar-refractivity contribution in [3.63, 3.8) is 0 Å². The third-order valence-corrected chi connectivity index (χ3v) is 2.93. The summed E-state index contributed by atoms with van der Waals surface area (Å²) < 4.78 is 40.0. The standard InChI is InChI=1S/C12H20F3N3O3/c1-2-3-16-10(19)8-17-4-6-18(7-5-17)11(20)21-9-12(13,14)15/h2-9H2,1H3,(H,16,19). The van der Waals surface area contributed by atoms with Crippen LogP contribution >= 0.6 is 0 Å². The van der Waals surface area contributed by atoms with Gasteiger partial charge >= 0.3 is 12.3 Å². The highest BCUT2D eigenvalue weighted by molar-refractivity contribution is 5.78. The molecule has 1 saturated heterocycles. The van der Waals surface area contributed by atoms with Crippen molar-refractivity contribution < 1.29 is 27.5 Å². The fraction of sp³-hybridized carbons (Fsp3) is 0.833. The van der Waals surface area contributed by atoms with Gasteiger partial charge in [-0.15, -0.1) is 0 Å². The summed E-state index contributed by atoms with van der Waals surface area (Å²) in [6.45, 7) is 2.57. The average molecular weight is 311 g/mol. The second-order valence-electron chi connectivity index (χ2n) is 4.78. The smallest absolute Gasteiger partial charge is 0.422 e. The maximum atomic E-state index is 11.9. The highest BCUT2D eigenvalue weighted by Crippen LogP contribution is 2.15. The molecule has 0 bridgehead atoms. The molecule has 1 N–H and O–H groups in total. The van der Waals surface area contributed by atoms with E-state index in [-0.39, 0.29) is 25.5 Å². The number of halogens is 3. The Morgan fingerprint density at radius 3 is 2.33 bits per heavy atom. The van der Waals surface area contributed by atoms with Gasteiger partial charge in [-0.1, -0.05) is 6.92 Å². The predicted molar refractivity (Wildman–Crippen MR) is 68.7 cm³/mol. The molecule has 122 valence electrons. The zero-order chi connectivity index (χ0) is 15.9. The highest BCUT2D eigenvalue weighted by atomic mass is 19.4. The Kier molecular flexibility index (Phi) is 6.73. The van der Waals surface area contributed by atoms with Crippen LogP contribution in [-0.4, -0.2) is 73.9 Å². The first kappa shape index (κ1) is 17.5. The zero-order valence-electron chi connectivity index (χ0n) is 11.9. The van der Waals surface area contributed by atoms with Gasteiger partial charge < -0.3 is 15.0 Å². The molecule has 1 aliphatic heterocycles. The minimum Gasteiger partial charge on any atom is -0.440 e. The SMILES string of the molecule is CCCNC(=O)CN1CCN(C(=O)OCC(F)(F)F)CC1. The van der Waals surface area contributed by atoms with Gasteiger partial charge in [-0.3, -0.25) is 9.69 Å². The van der Waals surface area contributed by atoms with E-state index in [1.165, 1.54) is 4.90 Å². The van der Waals surface area contributed by atoms with E-state index in [1.807, 2.05) is 11.8 Å². The average Bonchev–Trinajstić information content (AvgIpc) is 2.42. The summed E-state index contributed by atoms with van der Waals surface area (Å²) >= 11 is 0. The van der Waals surface area contributed by atoms with Crippen molar-refractivity contribution in [3.05, 3.63) is 0 Å². The van der Waals surface area contributed by atoms with E-state index in [9.17, 15) is 22.8 Å². The molecule has 21 heavy (non-hydrogen) atoms. The summed E-state index contributed by atoms with van der Waals surface area (Å²) in [5.74, 6) is -0.0926. The van der Waals surface area contributed by atoms with Crippen molar-refractivity contribution >= 4 is 12.0 Å². The number of ether oxygens (including phenoxy) is 1. The summed E-state index contributed by atoms with van der Waals surface area (Å²) in [7, 11) is 0. The van der Waals surface area contributed by atoms with Gasteiger partial charge in [-0.25, -0.2) is 4.79 Å². The monoisotopic (exact) mass is 311 g/mol. The number of hydrogen-bond donors (Lipinski definition) is 1. The minimum atomic E-state index is -4.52. The van der Waals surface area contributed by atoms with E-state index < -0.39 is 18.9 Å². The molecule has 0 spiro atoms. The molecule has 0 atom stereocenters. The number of nitrogens with zero attached hydrogens (tertiary/aromatic N) is 2. The molecule has 1 aliphatic rings. The number of hydrogen-bond acceptors (Lipinski definition) is 4. The maximum Gasteiger partial charge on any atom is 0.422 e. The Bertz CT molecular complexity index is 355. The second kappa shape index (κ2) is 8.06. The van der Waals surface area contributed by atoms with E-state index in [0.717, 1.165) is 6.42 Å². The molecule has 0 aromatic rings. The van der Waals surface area contributed by atoms with E-state index in [0.29, 0.717) is 19.6 Å². The lowest BCUT2D eigenvalue weighted by molar-refractivity contribution is -0.162. The van der Waals surface area contributed by atoms with E-state index in [4.69, 9.17) is 0 Å². The maximum absolute atomic E-state index is 11.9. The first-order valence-electron chi connectivity index (χ1n) is 6.79. The van der Waals surface area contributed by atoms with Crippen molar-refractivity contribution in [3.8, 4) is 0 Å². The Morgan fingerprint density at radius 1 is 1.19 bits per heavy atom. The van der Waals surface area contributed by atoms with Crippen LogP contribution in [0.4, 0.5) is 18.0 Å². The summed E-state index contributed by atoms with van der Waals surface area (Å²) in [5.41, 5.74) is 0. The summed E-state index contributed by atoms with van der Waals surface area (Å²) in [6, 6.07) is 0. The molecule has 2 amide bonds. The molecule has 1 fully saturated rings. The number of piperazine rings is 1. The minimum absolute atomic E-state index is 0.0926. The Balaban J connectivity index is 2.25. The van der Waals surface area contributed by atoms with Crippen molar-refractivity contribution in [2.45, 2.75) is 19.5 Å². The summed E-state index contributed by atoms with van der Waals surface area (Å²) in [5, 5.41) is 2.74. The number of nitrogens with one attached hydrogen (secondary N) is 1. The van der Waals surface area contributed by atoms with Crippen molar-refractivity contribution in [2.24, 2.45) is 0 Å². The van der Waals surface area contributed by atoms with Gasteiger partial charge in [0.1, 0.15) is 0 Å². The van der Waals surface area contributed by atoms with Gasteiger partial charge in [-0.05, 0) is 6.42 Å². The number of alkyl halides is 3. The van der Waals surface area contributed by atoms with Gasteiger partial charge in [0.25, 0.3) is 0 Å². The topological polar surface area (TPSA) is 61.9 Å². The van der Waals surface area contributed by atoms with Crippen molar-refractivity contribution in [2.75, 3.05) is 45.9 Å². The molecular weight excluding hydrogens is 291 g/mol. The zero-order valence-corrected chi connectivity index (χ0v) is 11.9. The number of carbonyl (C=O) groups excluding carboxylic acids is 2. The van der Waals surface area contributed by atoms with Gasteiger partial charge in [-0.2, -0.15) is 13.2 Å². The summed E-state index contributed by atoms with van der Waals surface area (Å²) in [4.78, 5) is 26.0. The molecule has 0 aromatic heterocycles. The first-order chi connectivity index (χ1) is 9.81. The Hall–Kier alpha value is -1.51. The predicted octanol–water partition coefficient (Wildman–Crippen LogP) is 0.829. The van der Waals surface area contributed by atoms with Gasteiger partial charge in [0, 0.05) is 32.7 Å². The Labute approximate surface area is 121 Å². The van der Waals surface area contributed by atoms with Crippen LogP contribution in [0.15, 0.2) is 0 Å². The number of amides is 2. The largest absolute Gasteiger partial charge is 0.440 e. The highest BCUT2D eigenvalue weighted by Gasteiger charge is 2.31. The molecular formula is C12H20F3N3O3. The fourth-order valence-electron chi connectivity index (χ4n) is 1.85. The molecule has 0 saturated carbocycles. The van der Waals surface area contributed by atoms with Gasteiger partial charge in [0.15, 0.2) is 6.61 Å². The van der Waals surface area contributed by atoms with E-state index >= 15 is 0 Å². The van der Waals surface area contributed by atoms with Gasteiger partial charge in [0.2, 0.25) is 5.91 Å². The van der Waals surface area contributed by atoms with Gasteiger partial charge in [0.05, 0.1) is 6.54 Å². The number of carbonyl (C=O) groups is 2. The van der Waals surface area contributed by atoms with Crippen LogP contribution in [0.1, 0.15) is 13.3 Å². The molecule has 0 unspecified atom stereocenters.